The second-order valence-corrected chi connectivity index (χ2v) is 9.88. The van der Waals surface area contributed by atoms with Gasteiger partial charge in [-0.1, -0.05) is 23.8 Å². The van der Waals surface area contributed by atoms with Gasteiger partial charge >= 0.3 is 0 Å². The van der Waals surface area contributed by atoms with Crippen molar-refractivity contribution >= 4 is 37.5 Å². The molecule has 0 atom stereocenters. The second kappa shape index (κ2) is 7.81. The van der Waals surface area contributed by atoms with Gasteiger partial charge in [-0.15, -0.1) is 0 Å². The number of sulfonamides is 1. The molecule has 1 saturated heterocycles. The number of aromatic nitrogens is 1. The zero-order valence-electron chi connectivity index (χ0n) is 15.8. The molecule has 0 spiro atoms. The van der Waals surface area contributed by atoms with Gasteiger partial charge in [0, 0.05) is 25.7 Å². The van der Waals surface area contributed by atoms with Crippen molar-refractivity contribution in [1.82, 2.24) is 8.87 Å². The minimum absolute atomic E-state index is 0.172. The van der Waals surface area contributed by atoms with Crippen LogP contribution in [0.5, 0.6) is 0 Å². The number of carbonyl (C=O) groups is 1. The predicted molar refractivity (Wildman–Crippen MR) is 110 cm³/mol. The maximum absolute atomic E-state index is 14.0. The van der Waals surface area contributed by atoms with E-state index in [1.165, 1.54) is 46.0 Å². The fourth-order valence-corrected chi connectivity index (χ4v) is 5.99. The van der Waals surface area contributed by atoms with E-state index in [2.05, 4.69) is 4.99 Å². The molecule has 1 amide bonds. The minimum atomic E-state index is -3.54. The molecule has 0 aliphatic carbocycles. The number of hydrogen-bond donors (Lipinski definition) is 0. The molecule has 1 fully saturated rings. The number of para-hydroxylation sites is 1. The first-order chi connectivity index (χ1) is 13.9. The summed E-state index contributed by atoms with van der Waals surface area (Å²) in [6, 6.07) is 10.6. The number of hydrogen-bond acceptors (Lipinski definition) is 4. The van der Waals surface area contributed by atoms with E-state index in [0.717, 1.165) is 19.3 Å². The molecule has 4 rings (SSSR count). The smallest absolute Gasteiger partial charge is 0.279 e. The topological polar surface area (TPSA) is 71.7 Å². The van der Waals surface area contributed by atoms with Crippen LogP contribution in [-0.4, -0.2) is 36.3 Å². The van der Waals surface area contributed by atoms with Crippen LogP contribution < -0.4 is 4.80 Å². The zero-order chi connectivity index (χ0) is 20.6. The second-order valence-electron chi connectivity index (χ2n) is 6.94. The Bertz CT molecular complexity index is 1240. The third kappa shape index (κ3) is 3.77. The Balaban J connectivity index is 1.63. The van der Waals surface area contributed by atoms with E-state index in [9.17, 15) is 17.6 Å². The molecule has 0 unspecified atom stereocenters. The van der Waals surface area contributed by atoms with E-state index in [4.69, 9.17) is 0 Å². The number of fused-ring (bicyclic) bond motifs is 1. The summed E-state index contributed by atoms with van der Waals surface area (Å²) in [4.78, 5) is 17.2. The third-order valence-electron chi connectivity index (χ3n) is 5.02. The van der Waals surface area contributed by atoms with E-state index < -0.39 is 15.9 Å². The van der Waals surface area contributed by atoms with Crippen LogP contribution in [0.3, 0.4) is 0 Å². The summed E-state index contributed by atoms with van der Waals surface area (Å²) in [6.07, 6.45) is 2.77. The van der Waals surface area contributed by atoms with Gasteiger partial charge in [0.15, 0.2) is 4.80 Å². The molecule has 0 N–H and O–H groups in total. The van der Waals surface area contributed by atoms with Crippen molar-refractivity contribution in [1.29, 1.82) is 0 Å². The molecule has 0 bridgehead atoms. The first-order valence-electron chi connectivity index (χ1n) is 9.31. The number of carbonyl (C=O) groups excluding carboxylic acids is 1. The van der Waals surface area contributed by atoms with Crippen molar-refractivity contribution in [2.45, 2.75) is 24.2 Å². The lowest BCUT2D eigenvalue weighted by atomic mass is 10.2. The van der Waals surface area contributed by atoms with Crippen LogP contribution in [-0.2, 0) is 17.1 Å². The molecule has 6 nitrogen and oxygen atoms in total. The highest BCUT2D eigenvalue weighted by Gasteiger charge is 2.25. The van der Waals surface area contributed by atoms with Crippen LogP contribution in [0, 0.1) is 5.82 Å². The number of aryl methyl sites for hydroxylation is 1. The third-order valence-corrected chi connectivity index (χ3v) is 8.03. The van der Waals surface area contributed by atoms with Gasteiger partial charge in [-0.25, -0.2) is 12.8 Å². The quantitative estimate of drug-likeness (QED) is 0.636. The van der Waals surface area contributed by atoms with E-state index >= 15 is 0 Å². The monoisotopic (exact) mass is 433 g/mol. The fourth-order valence-electron chi connectivity index (χ4n) is 3.44. The van der Waals surface area contributed by atoms with Crippen LogP contribution in [0.25, 0.3) is 10.2 Å². The normalized spacial score (nSPS) is 16.4. The maximum Gasteiger partial charge on any atom is 0.279 e. The summed E-state index contributed by atoms with van der Waals surface area (Å²) in [5.74, 6) is -0.878. The number of piperidine rings is 1. The molecule has 2 heterocycles. The molecular formula is C20H20FN3O3S2. The van der Waals surface area contributed by atoms with Crippen LogP contribution in [0.15, 0.2) is 52.4 Å². The summed E-state index contributed by atoms with van der Waals surface area (Å²) in [5, 5.41) is 0. The first kappa shape index (κ1) is 19.9. The molecule has 1 aliphatic heterocycles. The van der Waals surface area contributed by atoms with Gasteiger partial charge in [-0.3, -0.25) is 4.79 Å². The number of rotatable bonds is 3. The lowest BCUT2D eigenvalue weighted by Gasteiger charge is -2.25. The van der Waals surface area contributed by atoms with Crippen LogP contribution in [0.1, 0.15) is 29.6 Å². The highest BCUT2D eigenvalue weighted by atomic mass is 32.2. The van der Waals surface area contributed by atoms with E-state index in [1.807, 2.05) is 0 Å². The average molecular weight is 434 g/mol. The van der Waals surface area contributed by atoms with Crippen LogP contribution >= 0.6 is 11.3 Å². The number of halogens is 1. The minimum Gasteiger partial charge on any atom is -0.317 e. The average Bonchev–Trinajstić information content (AvgIpc) is 3.05. The van der Waals surface area contributed by atoms with Crippen molar-refractivity contribution in [3.05, 3.63) is 58.6 Å². The van der Waals surface area contributed by atoms with Crippen LogP contribution in [0.2, 0.25) is 0 Å². The molecule has 0 radical (unpaired) electrons. The van der Waals surface area contributed by atoms with Crippen molar-refractivity contribution in [3.8, 4) is 0 Å². The molecule has 1 aliphatic rings. The first-order valence-corrected chi connectivity index (χ1v) is 11.6. The molecule has 3 aromatic rings. The number of benzene rings is 2. The Hall–Kier alpha value is -2.36. The molecule has 1 aromatic heterocycles. The fraction of sp³-hybridized carbons (Fsp3) is 0.300. The Morgan fingerprint density at radius 2 is 1.76 bits per heavy atom. The lowest BCUT2D eigenvalue weighted by molar-refractivity contribution is 0.0998. The highest BCUT2D eigenvalue weighted by molar-refractivity contribution is 7.89. The maximum atomic E-state index is 14.0. The Morgan fingerprint density at radius 3 is 2.41 bits per heavy atom. The Kier molecular flexibility index (Phi) is 5.37. The summed E-state index contributed by atoms with van der Waals surface area (Å²) in [6.45, 7) is 1.05. The van der Waals surface area contributed by atoms with Crippen molar-refractivity contribution in [2.24, 2.45) is 12.0 Å². The van der Waals surface area contributed by atoms with Gasteiger partial charge in [-0.05, 0) is 49.2 Å². The summed E-state index contributed by atoms with van der Waals surface area (Å²) < 4.78 is 43.2. The molecule has 29 heavy (non-hydrogen) atoms. The van der Waals surface area contributed by atoms with Crippen molar-refractivity contribution in [3.63, 3.8) is 0 Å². The van der Waals surface area contributed by atoms with E-state index in [1.54, 1.807) is 23.7 Å². The number of thiazole rings is 1. The van der Waals surface area contributed by atoms with Gasteiger partial charge in [-0.2, -0.15) is 9.30 Å². The molecular weight excluding hydrogens is 413 g/mol. The molecule has 9 heteroatoms. The molecule has 0 saturated carbocycles. The van der Waals surface area contributed by atoms with E-state index in [-0.39, 0.29) is 16.3 Å². The lowest BCUT2D eigenvalue weighted by Crippen LogP contribution is -2.35. The highest BCUT2D eigenvalue weighted by Crippen LogP contribution is 2.22. The van der Waals surface area contributed by atoms with Crippen LogP contribution in [0.4, 0.5) is 4.39 Å². The van der Waals surface area contributed by atoms with Gasteiger partial charge in [0.05, 0.1) is 15.1 Å². The standard InChI is InChI=1S/C20H20FN3O3S2/c1-23-18-16(21)6-5-7-17(18)28-20(23)22-19(25)14-8-10-15(11-9-14)29(26,27)24-12-3-2-4-13-24/h5-11H,2-4,12-13H2,1H3. The summed E-state index contributed by atoms with van der Waals surface area (Å²) >= 11 is 1.22. The van der Waals surface area contributed by atoms with Gasteiger partial charge < -0.3 is 4.57 Å². The number of nitrogens with zero attached hydrogens (tertiary/aromatic N) is 3. The van der Waals surface area contributed by atoms with Gasteiger partial charge in [0.25, 0.3) is 5.91 Å². The van der Waals surface area contributed by atoms with Gasteiger partial charge in [0.1, 0.15) is 5.82 Å². The summed E-state index contributed by atoms with van der Waals surface area (Å²) in [7, 11) is -1.89. The Morgan fingerprint density at radius 1 is 1.07 bits per heavy atom. The predicted octanol–water partition coefficient (Wildman–Crippen LogP) is 3.29. The Labute approximate surface area is 172 Å². The SMILES string of the molecule is Cn1c(=NC(=O)c2ccc(S(=O)(=O)N3CCCCC3)cc2)sc2cccc(F)c21. The zero-order valence-corrected chi connectivity index (χ0v) is 17.5. The van der Waals surface area contributed by atoms with Gasteiger partial charge in [0.2, 0.25) is 10.0 Å². The van der Waals surface area contributed by atoms with E-state index in [0.29, 0.717) is 28.1 Å². The van der Waals surface area contributed by atoms with Crippen molar-refractivity contribution in [2.75, 3.05) is 13.1 Å². The summed E-state index contributed by atoms with van der Waals surface area (Å²) in [5.41, 5.74) is 0.674. The largest absolute Gasteiger partial charge is 0.317 e. The van der Waals surface area contributed by atoms with Crippen molar-refractivity contribution < 1.29 is 17.6 Å². The number of amides is 1. The molecule has 152 valence electrons. The molecule has 2 aromatic carbocycles.